The molecule has 0 aliphatic heterocycles. The fraction of sp³-hybridized carbons (Fsp3) is 0.192. The number of carbonyl (C=O) groups excluding carboxylic acids is 3. The zero-order chi connectivity index (χ0) is 24.0. The second-order valence-corrected chi connectivity index (χ2v) is 7.82. The number of hydrogen-bond acceptors (Lipinski definition) is 5. The van der Waals surface area contributed by atoms with Crippen molar-refractivity contribution >= 4 is 23.5 Å². The van der Waals surface area contributed by atoms with E-state index < -0.39 is 17.8 Å². The molecular weight excluding hydrogens is 418 g/mol. The van der Waals surface area contributed by atoms with Gasteiger partial charge in [-0.1, -0.05) is 29.8 Å². The van der Waals surface area contributed by atoms with Crippen LogP contribution in [0.5, 0.6) is 5.75 Å². The van der Waals surface area contributed by atoms with Gasteiger partial charge in [0.25, 0.3) is 0 Å². The van der Waals surface area contributed by atoms with E-state index in [4.69, 9.17) is 10.5 Å². The summed E-state index contributed by atoms with van der Waals surface area (Å²) in [4.78, 5) is 36.8. The highest BCUT2D eigenvalue weighted by molar-refractivity contribution is 5.98. The smallest absolute Gasteiger partial charge is 0.343 e. The van der Waals surface area contributed by atoms with Crippen molar-refractivity contribution in [2.45, 2.75) is 19.8 Å². The number of ether oxygens (including phenoxy) is 1. The lowest BCUT2D eigenvalue weighted by molar-refractivity contribution is -0.117. The lowest BCUT2D eigenvalue weighted by atomic mass is 9.97. The minimum atomic E-state index is -0.512. The number of primary amides is 1. The van der Waals surface area contributed by atoms with Crippen LogP contribution >= 0.6 is 0 Å². The zero-order valence-electron chi connectivity index (χ0n) is 18.8. The first-order valence-corrected chi connectivity index (χ1v) is 10.5. The van der Waals surface area contributed by atoms with E-state index in [0.29, 0.717) is 34.7 Å². The maximum Gasteiger partial charge on any atom is 0.343 e. The molecule has 0 heterocycles. The van der Waals surface area contributed by atoms with Crippen LogP contribution in [0.4, 0.5) is 5.69 Å². The van der Waals surface area contributed by atoms with Crippen molar-refractivity contribution in [3.8, 4) is 5.75 Å². The van der Waals surface area contributed by atoms with Crippen LogP contribution in [-0.4, -0.2) is 31.4 Å². The molecular formula is C26H27N3O4. The normalized spacial score (nSPS) is 11.5. The SMILES string of the molecule is CNCC(C(=O)Nc1ccc(C(N)=O)c(C)c1)c1ccc(OC(=O)c2cccc(C)c2)cc1. The summed E-state index contributed by atoms with van der Waals surface area (Å²) in [6.07, 6.45) is 0. The molecule has 0 fully saturated rings. The van der Waals surface area contributed by atoms with Crippen molar-refractivity contribution < 1.29 is 19.1 Å². The molecule has 0 spiro atoms. The Labute approximate surface area is 193 Å². The highest BCUT2D eigenvalue weighted by Gasteiger charge is 2.21. The molecule has 4 N–H and O–H groups in total. The average molecular weight is 446 g/mol. The molecule has 0 aromatic heterocycles. The first-order valence-electron chi connectivity index (χ1n) is 10.5. The number of carbonyl (C=O) groups is 3. The van der Waals surface area contributed by atoms with Crippen molar-refractivity contribution in [1.29, 1.82) is 0 Å². The van der Waals surface area contributed by atoms with Crippen molar-refractivity contribution in [3.05, 3.63) is 94.5 Å². The molecule has 2 amide bonds. The molecule has 3 rings (SSSR count). The predicted molar refractivity (Wildman–Crippen MR) is 128 cm³/mol. The van der Waals surface area contributed by atoms with Gasteiger partial charge in [0.15, 0.2) is 0 Å². The highest BCUT2D eigenvalue weighted by atomic mass is 16.5. The van der Waals surface area contributed by atoms with E-state index in [1.165, 1.54) is 0 Å². The molecule has 33 heavy (non-hydrogen) atoms. The zero-order valence-corrected chi connectivity index (χ0v) is 18.8. The average Bonchev–Trinajstić information content (AvgIpc) is 2.78. The van der Waals surface area contributed by atoms with Gasteiger partial charge in [0.2, 0.25) is 11.8 Å². The highest BCUT2D eigenvalue weighted by Crippen LogP contribution is 2.23. The number of esters is 1. The lowest BCUT2D eigenvalue weighted by Crippen LogP contribution is -2.29. The minimum absolute atomic E-state index is 0.208. The molecule has 1 unspecified atom stereocenters. The number of likely N-dealkylation sites (N-methyl/N-ethyl adjacent to an activating group) is 1. The van der Waals surface area contributed by atoms with Crippen LogP contribution in [0.1, 0.15) is 43.3 Å². The van der Waals surface area contributed by atoms with Crippen LogP contribution in [-0.2, 0) is 4.79 Å². The Morgan fingerprint density at radius 2 is 1.70 bits per heavy atom. The summed E-state index contributed by atoms with van der Waals surface area (Å²) in [5, 5.41) is 5.92. The number of benzene rings is 3. The second-order valence-electron chi connectivity index (χ2n) is 7.82. The molecule has 0 saturated heterocycles. The minimum Gasteiger partial charge on any atom is -0.423 e. The van der Waals surface area contributed by atoms with Crippen LogP contribution in [0.3, 0.4) is 0 Å². The van der Waals surface area contributed by atoms with Gasteiger partial charge in [-0.25, -0.2) is 4.79 Å². The van der Waals surface area contributed by atoms with E-state index in [1.54, 1.807) is 74.6 Å². The largest absolute Gasteiger partial charge is 0.423 e. The lowest BCUT2D eigenvalue weighted by Gasteiger charge is -2.18. The molecule has 0 bridgehead atoms. The number of nitrogens with one attached hydrogen (secondary N) is 2. The van der Waals surface area contributed by atoms with Crippen molar-refractivity contribution in [2.24, 2.45) is 5.73 Å². The molecule has 7 heteroatoms. The fourth-order valence-electron chi connectivity index (χ4n) is 3.52. The molecule has 0 saturated carbocycles. The van der Waals surface area contributed by atoms with Crippen molar-refractivity contribution in [2.75, 3.05) is 18.9 Å². The number of aryl methyl sites for hydroxylation is 2. The number of rotatable bonds is 8. The van der Waals surface area contributed by atoms with Gasteiger partial charge >= 0.3 is 5.97 Å². The van der Waals surface area contributed by atoms with Crippen LogP contribution in [0.25, 0.3) is 0 Å². The van der Waals surface area contributed by atoms with E-state index in [2.05, 4.69) is 10.6 Å². The van der Waals surface area contributed by atoms with Crippen molar-refractivity contribution in [3.63, 3.8) is 0 Å². The summed E-state index contributed by atoms with van der Waals surface area (Å²) >= 11 is 0. The molecule has 1 atom stereocenters. The van der Waals surface area contributed by atoms with Gasteiger partial charge in [-0.2, -0.15) is 0 Å². The summed E-state index contributed by atoms with van der Waals surface area (Å²) in [7, 11) is 1.77. The summed E-state index contributed by atoms with van der Waals surface area (Å²) in [5.41, 5.74) is 9.23. The topological polar surface area (TPSA) is 111 Å². The third-order valence-corrected chi connectivity index (χ3v) is 5.23. The van der Waals surface area contributed by atoms with E-state index in [0.717, 1.165) is 11.1 Å². The van der Waals surface area contributed by atoms with Crippen LogP contribution in [0, 0.1) is 13.8 Å². The Morgan fingerprint density at radius 1 is 0.970 bits per heavy atom. The second kappa shape index (κ2) is 10.6. The van der Waals surface area contributed by atoms with Gasteiger partial charge in [-0.15, -0.1) is 0 Å². The van der Waals surface area contributed by atoms with Crippen LogP contribution in [0.15, 0.2) is 66.7 Å². The quantitative estimate of drug-likeness (QED) is 0.363. The van der Waals surface area contributed by atoms with Gasteiger partial charge < -0.3 is 21.1 Å². The number of anilines is 1. The standard InChI is InChI=1S/C26H27N3O4/c1-16-5-4-6-19(13-16)26(32)33-21-10-7-18(8-11-21)23(15-28-3)25(31)29-20-9-12-22(24(27)30)17(2)14-20/h4-14,23,28H,15H2,1-3H3,(H2,27,30)(H,29,31). The van der Waals surface area contributed by atoms with E-state index in [-0.39, 0.29) is 5.91 Å². The Kier molecular flexibility index (Phi) is 7.58. The van der Waals surface area contributed by atoms with Gasteiger partial charge in [0.05, 0.1) is 11.5 Å². The predicted octanol–water partition coefficient (Wildman–Crippen LogP) is 3.56. The van der Waals surface area contributed by atoms with E-state index in [9.17, 15) is 14.4 Å². The van der Waals surface area contributed by atoms with Gasteiger partial charge in [-0.05, 0) is 74.5 Å². The first-order chi connectivity index (χ1) is 15.8. The van der Waals surface area contributed by atoms with Gasteiger partial charge in [0, 0.05) is 17.8 Å². The van der Waals surface area contributed by atoms with Crippen LogP contribution in [0.2, 0.25) is 0 Å². The molecule has 0 aliphatic carbocycles. The van der Waals surface area contributed by atoms with Crippen molar-refractivity contribution in [1.82, 2.24) is 5.32 Å². The number of nitrogens with two attached hydrogens (primary N) is 1. The maximum absolute atomic E-state index is 13.0. The number of amides is 2. The molecule has 3 aromatic carbocycles. The van der Waals surface area contributed by atoms with Crippen LogP contribution < -0.4 is 21.1 Å². The summed E-state index contributed by atoms with van der Waals surface area (Å²) in [6, 6.07) is 19.0. The maximum atomic E-state index is 13.0. The Bertz CT molecular complexity index is 1170. The van der Waals surface area contributed by atoms with Gasteiger partial charge in [-0.3, -0.25) is 9.59 Å². The molecule has 170 valence electrons. The molecule has 0 aliphatic rings. The Hall–Kier alpha value is -3.97. The summed E-state index contributed by atoms with van der Waals surface area (Å²) < 4.78 is 5.46. The third kappa shape index (κ3) is 6.05. The summed E-state index contributed by atoms with van der Waals surface area (Å²) in [6.45, 7) is 4.08. The fourth-order valence-corrected chi connectivity index (χ4v) is 3.52. The molecule has 0 radical (unpaired) electrons. The Morgan fingerprint density at radius 3 is 2.30 bits per heavy atom. The Balaban J connectivity index is 1.72. The first kappa shape index (κ1) is 23.7. The van der Waals surface area contributed by atoms with E-state index >= 15 is 0 Å². The molecule has 7 nitrogen and oxygen atoms in total. The third-order valence-electron chi connectivity index (χ3n) is 5.23. The van der Waals surface area contributed by atoms with Gasteiger partial charge in [0.1, 0.15) is 5.75 Å². The monoisotopic (exact) mass is 445 g/mol. The van der Waals surface area contributed by atoms with E-state index in [1.807, 2.05) is 13.0 Å². The summed E-state index contributed by atoms with van der Waals surface area (Å²) in [5.74, 6) is -1.24. The number of hydrogen-bond donors (Lipinski definition) is 3. The molecule has 3 aromatic rings.